The van der Waals surface area contributed by atoms with Gasteiger partial charge in [-0.15, -0.1) is 0 Å². The van der Waals surface area contributed by atoms with Crippen molar-refractivity contribution in [1.82, 2.24) is 0 Å². The lowest BCUT2D eigenvalue weighted by atomic mass is 10.2. The quantitative estimate of drug-likeness (QED) is 0.393. The van der Waals surface area contributed by atoms with Crippen LogP contribution in [0.15, 0.2) is 0 Å². The summed E-state index contributed by atoms with van der Waals surface area (Å²) in [7, 11) is -6.46. The molecule has 0 amide bonds. The zero-order valence-electron chi connectivity index (χ0n) is 10.4. The van der Waals surface area contributed by atoms with Crippen LogP contribution in [0.3, 0.4) is 0 Å². The van der Waals surface area contributed by atoms with E-state index in [1.54, 1.807) is 0 Å². The standard InChI is InChI=1S/C9H14F4O6S/c1-7(18-4-5-19-7)6-17-3-2-8(10,11)9(12,13)20(14,15)16/h2-6H2,1H3,(H,14,15,16)/p-1. The number of hydrogen-bond donors (Lipinski definition) is 0. The third kappa shape index (κ3) is 3.79. The van der Waals surface area contributed by atoms with Crippen molar-refractivity contribution in [3.05, 3.63) is 0 Å². The van der Waals surface area contributed by atoms with Gasteiger partial charge in [-0.05, 0) is 6.92 Å². The molecule has 0 unspecified atom stereocenters. The van der Waals surface area contributed by atoms with E-state index in [0.717, 1.165) is 0 Å². The number of halogens is 4. The molecule has 0 atom stereocenters. The van der Waals surface area contributed by atoms with Crippen molar-refractivity contribution < 1.29 is 44.7 Å². The lowest BCUT2D eigenvalue weighted by molar-refractivity contribution is -0.196. The van der Waals surface area contributed by atoms with E-state index in [1.807, 2.05) is 0 Å². The van der Waals surface area contributed by atoms with Gasteiger partial charge in [-0.3, -0.25) is 0 Å². The Morgan fingerprint density at radius 1 is 1.25 bits per heavy atom. The van der Waals surface area contributed by atoms with Gasteiger partial charge in [0.1, 0.15) is 6.61 Å². The first-order chi connectivity index (χ1) is 8.91. The van der Waals surface area contributed by atoms with Crippen LogP contribution in [0.2, 0.25) is 0 Å². The van der Waals surface area contributed by atoms with Crippen molar-refractivity contribution in [2.45, 2.75) is 30.3 Å². The fourth-order valence-corrected chi connectivity index (χ4v) is 1.89. The van der Waals surface area contributed by atoms with Gasteiger partial charge < -0.3 is 18.8 Å². The largest absolute Gasteiger partial charge is 0.743 e. The van der Waals surface area contributed by atoms with Crippen LogP contribution < -0.4 is 0 Å². The molecule has 0 saturated carbocycles. The fraction of sp³-hybridized carbons (Fsp3) is 1.00. The van der Waals surface area contributed by atoms with Crippen LogP contribution in [-0.4, -0.2) is 56.4 Å². The molecule has 0 aromatic heterocycles. The Balaban J connectivity index is 2.48. The van der Waals surface area contributed by atoms with Crippen molar-refractivity contribution in [1.29, 1.82) is 0 Å². The molecule has 0 aromatic rings. The first kappa shape index (κ1) is 17.6. The van der Waals surface area contributed by atoms with E-state index in [2.05, 4.69) is 0 Å². The minimum atomic E-state index is -6.46. The van der Waals surface area contributed by atoms with Crippen LogP contribution in [0.1, 0.15) is 13.3 Å². The summed E-state index contributed by atoms with van der Waals surface area (Å²) in [5, 5.41) is -5.69. The third-order valence-electron chi connectivity index (χ3n) is 2.56. The second-order valence-corrected chi connectivity index (χ2v) is 5.73. The molecule has 11 heteroatoms. The summed E-state index contributed by atoms with van der Waals surface area (Å²) in [4.78, 5) is 0. The Bertz CT molecular complexity index is 432. The number of alkyl halides is 4. The van der Waals surface area contributed by atoms with Crippen LogP contribution in [0.5, 0.6) is 0 Å². The van der Waals surface area contributed by atoms with Crippen molar-refractivity contribution in [3.8, 4) is 0 Å². The Morgan fingerprint density at radius 3 is 2.20 bits per heavy atom. The van der Waals surface area contributed by atoms with Crippen molar-refractivity contribution in [2.24, 2.45) is 0 Å². The molecule has 0 bridgehead atoms. The monoisotopic (exact) mass is 325 g/mol. The summed E-state index contributed by atoms with van der Waals surface area (Å²) in [5.74, 6) is -6.17. The molecule has 0 aliphatic carbocycles. The number of rotatable bonds is 7. The highest BCUT2D eigenvalue weighted by molar-refractivity contribution is 7.86. The topological polar surface area (TPSA) is 84.9 Å². The molecule has 0 spiro atoms. The molecular formula is C9H13F4O6S-. The van der Waals surface area contributed by atoms with Crippen molar-refractivity contribution in [3.63, 3.8) is 0 Å². The predicted octanol–water partition coefficient (Wildman–Crippen LogP) is 0.929. The number of hydrogen-bond acceptors (Lipinski definition) is 6. The lowest BCUT2D eigenvalue weighted by Crippen LogP contribution is -2.47. The highest BCUT2D eigenvalue weighted by atomic mass is 32.2. The minimum absolute atomic E-state index is 0.280. The maximum atomic E-state index is 13.0. The van der Waals surface area contributed by atoms with Crippen LogP contribution in [0.4, 0.5) is 17.6 Å². The Kier molecular flexibility index (Phi) is 5.02. The molecule has 1 fully saturated rings. The maximum absolute atomic E-state index is 13.0. The van der Waals surface area contributed by atoms with Gasteiger partial charge in [0.25, 0.3) is 0 Å². The highest BCUT2D eigenvalue weighted by Crippen LogP contribution is 2.40. The number of ether oxygens (including phenoxy) is 3. The highest BCUT2D eigenvalue weighted by Gasteiger charge is 2.61. The van der Waals surface area contributed by atoms with Gasteiger partial charge in [-0.2, -0.15) is 17.6 Å². The van der Waals surface area contributed by atoms with Gasteiger partial charge in [0.2, 0.25) is 0 Å². The van der Waals surface area contributed by atoms with Crippen LogP contribution in [0.25, 0.3) is 0 Å². The van der Waals surface area contributed by atoms with Crippen LogP contribution in [0, 0.1) is 0 Å². The lowest BCUT2D eigenvalue weighted by Gasteiger charge is -2.28. The molecule has 120 valence electrons. The van der Waals surface area contributed by atoms with Gasteiger partial charge in [-0.1, -0.05) is 0 Å². The summed E-state index contributed by atoms with van der Waals surface area (Å²) in [6, 6.07) is 0. The Labute approximate surface area is 112 Å². The summed E-state index contributed by atoms with van der Waals surface area (Å²) in [5.41, 5.74) is 0. The molecule has 1 rings (SSSR count). The predicted molar refractivity (Wildman–Crippen MR) is 55.3 cm³/mol. The van der Waals surface area contributed by atoms with Gasteiger partial charge in [0.15, 0.2) is 15.9 Å². The summed E-state index contributed by atoms with van der Waals surface area (Å²) >= 11 is 0. The molecule has 1 saturated heterocycles. The maximum Gasteiger partial charge on any atom is 0.396 e. The summed E-state index contributed by atoms with van der Waals surface area (Å²) < 4.78 is 96.8. The Hall–Kier alpha value is -0.490. The molecule has 20 heavy (non-hydrogen) atoms. The summed E-state index contributed by atoms with van der Waals surface area (Å²) in [6.45, 7) is 0.846. The molecule has 0 N–H and O–H groups in total. The van der Waals surface area contributed by atoms with E-state index < -0.39 is 40.1 Å². The minimum Gasteiger partial charge on any atom is -0.743 e. The Morgan fingerprint density at radius 2 is 1.75 bits per heavy atom. The zero-order chi connectivity index (χ0) is 15.7. The van der Waals surface area contributed by atoms with Crippen molar-refractivity contribution in [2.75, 3.05) is 26.4 Å². The van der Waals surface area contributed by atoms with E-state index in [1.165, 1.54) is 6.92 Å². The van der Waals surface area contributed by atoms with E-state index in [-0.39, 0.29) is 19.8 Å². The van der Waals surface area contributed by atoms with Gasteiger partial charge in [-0.25, -0.2) is 8.42 Å². The average molecular weight is 325 g/mol. The van der Waals surface area contributed by atoms with Crippen LogP contribution >= 0.6 is 0 Å². The van der Waals surface area contributed by atoms with E-state index in [0.29, 0.717) is 0 Å². The molecule has 1 heterocycles. The molecule has 1 aliphatic heterocycles. The van der Waals surface area contributed by atoms with E-state index >= 15 is 0 Å². The molecule has 6 nitrogen and oxygen atoms in total. The smallest absolute Gasteiger partial charge is 0.396 e. The first-order valence-electron chi connectivity index (χ1n) is 5.48. The zero-order valence-corrected chi connectivity index (χ0v) is 11.2. The molecule has 0 radical (unpaired) electrons. The second-order valence-electron chi connectivity index (χ2n) is 4.31. The van der Waals surface area contributed by atoms with Crippen molar-refractivity contribution >= 4 is 10.1 Å². The SMILES string of the molecule is CC1(COCCC(F)(F)C(F)(F)S(=O)(=O)[O-])OCCO1. The average Bonchev–Trinajstić information content (AvgIpc) is 2.70. The van der Waals surface area contributed by atoms with Gasteiger partial charge in [0, 0.05) is 6.42 Å². The van der Waals surface area contributed by atoms with Gasteiger partial charge in [0.05, 0.1) is 19.8 Å². The third-order valence-corrected chi connectivity index (χ3v) is 3.49. The molecule has 1 aliphatic rings. The second kappa shape index (κ2) is 5.72. The van der Waals surface area contributed by atoms with E-state index in [9.17, 15) is 30.5 Å². The summed E-state index contributed by atoms with van der Waals surface area (Å²) in [6.07, 6.45) is -1.63. The van der Waals surface area contributed by atoms with E-state index in [4.69, 9.17) is 14.2 Å². The van der Waals surface area contributed by atoms with Gasteiger partial charge >= 0.3 is 11.2 Å². The first-order valence-corrected chi connectivity index (χ1v) is 6.89. The molecular weight excluding hydrogens is 312 g/mol. The molecule has 0 aromatic carbocycles. The van der Waals surface area contributed by atoms with Crippen LogP contribution in [-0.2, 0) is 24.3 Å². The fourth-order valence-electron chi connectivity index (χ4n) is 1.43. The normalized spacial score (nSPS) is 20.3.